The maximum absolute atomic E-state index is 12.5. The summed E-state index contributed by atoms with van der Waals surface area (Å²) in [4.78, 5) is 0.195. The van der Waals surface area contributed by atoms with Crippen molar-refractivity contribution in [2.45, 2.75) is 35.8 Å². The van der Waals surface area contributed by atoms with Crippen molar-refractivity contribution in [3.8, 4) is 0 Å². The zero-order valence-corrected chi connectivity index (χ0v) is 15.6. The number of benzene rings is 1. The van der Waals surface area contributed by atoms with Crippen molar-refractivity contribution >= 4 is 35.8 Å². The summed E-state index contributed by atoms with van der Waals surface area (Å²) in [5.41, 5.74) is -0.732. The fraction of sp³-hybridized carbons (Fsp3) is 0.571. The van der Waals surface area contributed by atoms with Gasteiger partial charge in [0.05, 0.1) is 22.0 Å². The molecule has 0 aliphatic carbocycles. The molecule has 6 nitrogen and oxygen atoms in total. The highest BCUT2D eigenvalue weighted by Crippen LogP contribution is 2.36. The van der Waals surface area contributed by atoms with Gasteiger partial charge in [0, 0.05) is 17.1 Å². The lowest BCUT2D eigenvalue weighted by Gasteiger charge is -2.37. The zero-order valence-electron chi connectivity index (χ0n) is 12.4. The minimum absolute atomic E-state index is 0.0173. The van der Waals surface area contributed by atoms with E-state index in [1.165, 1.54) is 12.1 Å². The second-order valence-corrected chi connectivity index (χ2v) is 11.0. The third-order valence-electron chi connectivity index (χ3n) is 4.29. The number of sulfonamides is 1. The van der Waals surface area contributed by atoms with Gasteiger partial charge in [-0.2, -0.15) is 0 Å². The lowest BCUT2D eigenvalue weighted by molar-refractivity contribution is -0.0675. The van der Waals surface area contributed by atoms with Gasteiger partial charge < -0.3 is 4.74 Å². The van der Waals surface area contributed by atoms with Crippen LogP contribution in [-0.4, -0.2) is 46.6 Å². The van der Waals surface area contributed by atoms with E-state index >= 15 is 0 Å². The van der Waals surface area contributed by atoms with Crippen molar-refractivity contribution < 1.29 is 21.6 Å². The molecule has 2 fully saturated rings. The standard InChI is InChI=1S/C14H18BrNO5S2/c15-11-1-3-13(4-2-11)23(19,20)16-12-5-7-21-14(9-12)6-8-22(17,18)10-14/h1-4,12,16H,5-10H2/t12-,14-/m0/s1. The Morgan fingerprint density at radius 1 is 1.26 bits per heavy atom. The van der Waals surface area contributed by atoms with Crippen LogP contribution in [0.25, 0.3) is 0 Å². The molecule has 0 aromatic heterocycles. The minimum Gasteiger partial charge on any atom is -0.374 e. The van der Waals surface area contributed by atoms with Gasteiger partial charge in [0.15, 0.2) is 9.84 Å². The molecule has 1 spiro atoms. The molecule has 2 saturated heterocycles. The highest BCUT2D eigenvalue weighted by atomic mass is 79.9. The monoisotopic (exact) mass is 423 g/mol. The van der Waals surface area contributed by atoms with Gasteiger partial charge in [-0.25, -0.2) is 21.6 Å². The Morgan fingerprint density at radius 3 is 2.57 bits per heavy atom. The Hall–Kier alpha value is -0.480. The molecule has 2 heterocycles. The summed E-state index contributed by atoms with van der Waals surface area (Å²) in [6.07, 6.45) is 1.37. The molecule has 2 aliphatic heterocycles. The Bertz CT molecular complexity index is 791. The lowest BCUT2D eigenvalue weighted by atomic mass is 9.90. The molecule has 128 valence electrons. The van der Waals surface area contributed by atoms with Gasteiger partial charge in [-0.3, -0.25) is 0 Å². The van der Waals surface area contributed by atoms with Crippen LogP contribution in [0, 0.1) is 0 Å². The Morgan fingerprint density at radius 2 is 1.96 bits per heavy atom. The van der Waals surface area contributed by atoms with Gasteiger partial charge in [-0.05, 0) is 43.5 Å². The van der Waals surface area contributed by atoms with E-state index in [1.807, 2.05) is 0 Å². The van der Waals surface area contributed by atoms with E-state index in [-0.39, 0.29) is 22.4 Å². The molecular weight excluding hydrogens is 406 g/mol. The van der Waals surface area contributed by atoms with Crippen LogP contribution in [0.3, 0.4) is 0 Å². The maximum Gasteiger partial charge on any atom is 0.240 e. The molecule has 0 radical (unpaired) electrons. The average Bonchev–Trinajstić information content (AvgIpc) is 2.73. The predicted molar refractivity (Wildman–Crippen MR) is 89.4 cm³/mol. The van der Waals surface area contributed by atoms with Crippen LogP contribution < -0.4 is 4.72 Å². The SMILES string of the molecule is O=S1(=O)CC[C@]2(C[C@@H](NS(=O)(=O)c3ccc(Br)cc3)CCO2)C1. The topological polar surface area (TPSA) is 89.5 Å². The maximum atomic E-state index is 12.5. The van der Waals surface area contributed by atoms with E-state index in [4.69, 9.17) is 4.74 Å². The molecule has 9 heteroatoms. The fourth-order valence-corrected chi connectivity index (χ4v) is 6.70. The van der Waals surface area contributed by atoms with E-state index < -0.39 is 25.5 Å². The summed E-state index contributed by atoms with van der Waals surface area (Å²) in [6, 6.07) is 6.08. The van der Waals surface area contributed by atoms with Gasteiger partial charge in [0.2, 0.25) is 10.0 Å². The first-order chi connectivity index (χ1) is 10.7. The number of nitrogens with one attached hydrogen (secondary N) is 1. The molecule has 3 rings (SSSR count). The third-order valence-corrected chi connectivity index (χ3v) is 8.15. The number of hydrogen-bond donors (Lipinski definition) is 1. The number of ether oxygens (including phenoxy) is 1. The van der Waals surface area contributed by atoms with E-state index in [0.29, 0.717) is 25.9 Å². The second kappa shape index (κ2) is 6.11. The van der Waals surface area contributed by atoms with E-state index in [0.717, 1.165) is 4.47 Å². The van der Waals surface area contributed by atoms with Crippen LogP contribution in [0.4, 0.5) is 0 Å². The van der Waals surface area contributed by atoms with Crippen molar-refractivity contribution in [2.24, 2.45) is 0 Å². The fourth-order valence-electron chi connectivity index (χ4n) is 3.19. The first kappa shape index (κ1) is 17.3. The van der Waals surface area contributed by atoms with Crippen LogP contribution >= 0.6 is 15.9 Å². The minimum atomic E-state index is -3.63. The first-order valence-corrected chi connectivity index (χ1v) is 11.4. The van der Waals surface area contributed by atoms with Gasteiger partial charge in [0.25, 0.3) is 0 Å². The largest absolute Gasteiger partial charge is 0.374 e. The van der Waals surface area contributed by atoms with Gasteiger partial charge in [0.1, 0.15) is 0 Å². The highest BCUT2D eigenvalue weighted by Gasteiger charge is 2.47. The molecule has 1 N–H and O–H groups in total. The number of rotatable bonds is 3. The molecule has 23 heavy (non-hydrogen) atoms. The van der Waals surface area contributed by atoms with Crippen LogP contribution in [0.15, 0.2) is 33.6 Å². The normalized spacial score (nSPS) is 30.6. The second-order valence-electron chi connectivity index (χ2n) is 6.14. The molecule has 0 amide bonds. The number of hydrogen-bond acceptors (Lipinski definition) is 5. The van der Waals surface area contributed by atoms with E-state index in [2.05, 4.69) is 20.7 Å². The molecule has 2 aliphatic rings. The molecular formula is C14H18BrNO5S2. The molecule has 2 atom stereocenters. The van der Waals surface area contributed by atoms with Crippen LogP contribution in [-0.2, 0) is 24.6 Å². The summed E-state index contributed by atoms with van der Waals surface area (Å²) >= 11 is 3.27. The summed E-state index contributed by atoms with van der Waals surface area (Å²) < 4.78 is 57.6. The van der Waals surface area contributed by atoms with Crippen molar-refractivity contribution in [3.63, 3.8) is 0 Å². The summed E-state index contributed by atoms with van der Waals surface area (Å²) in [7, 11) is -6.71. The number of sulfone groups is 1. The Kier molecular flexibility index (Phi) is 4.61. The quantitative estimate of drug-likeness (QED) is 0.794. The highest BCUT2D eigenvalue weighted by molar-refractivity contribution is 9.10. The molecule has 1 aromatic carbocycles. The van der Waals surface area contributed by atoms with E-state index in [9.17, 15) is 16.8 Å². The summed E-state index contributed by atoms with van der Waals surface area (Å²) in [5, 5.41) is 0. The smallest absolute Gasteiger partial charge is 0.240 e. The van der Waals surface area contributed by atoms with Gasteiger partial charge in [-0.15, -0.1) is 0 Å². The lowest BCUT2D eigenvalue weighted by Crippen LogP contribution is -2.49. The van der Waals surface area contributed by atoms with E-state index in [1.54, 1.807) is 12.1 Å². The Labute approximate surface area is 144 Å². The Balaban J connectivity index is 1.74. The van der Waals surface area contributed by atoms with Gasteiger partial charge >= 0.3 is 0 Å². The van der Waals surface area contributed by atoms with Crippen LogP contribution in [0.1, 0.15) is 19.3 Å². The average molecular weight is 424 g/mol. The van der Waals surface area contributed by atoms with Gasteiger partial charge in [-0.1, -0.05) is 15.9 Å². The van der Waals surface area contributed by atoms with Crippen molar-refractivity contribution in [1.29, 1.82) is 0 Å². The molecule has 0 unspecified atom stereocenters. The summed E-state index contributed by atoms with van der Waals surface area (Å²) in [5.74, 6) is 0.0929. The van der Waals surface area contributed by atoms with Crippen LogP contribution in [0.2, 0.25) is 0 Å². The third kappa shape index (κ3) is 3.96. The van der Waals surface area contributed by atoms with Crippen molar-refractivity contribution in [3.05, 3.63) is 28.7 Å². The first-order valence-electron chi connectivity index (χ1n) is 7.32. The molecule has 0 bridgehead atoms. The summed E-state index contributed by atoms with van der Waals surface area (Å²) in [6.45, 7) is 0.364. The molecule has 0 saturated carbocycles. The van der Waals surface area contributed by atoms with Crippen LogP contribution in [0.5, 0.6) is 0 Å². The predicted octanol–water partition coefficient (Wildman–Crippen LogP) is 1.46. The molecule has 1 aromatic rings. The van der Waals surface area contributed by atoms with Crippen molar-refractivity contribution in [2.75, 3.05) is 18.1 Å². The zero-order chi connectivity index (χ0) is 16.7. The van der Waals surface area contributed by atoms with Crippen molar-refractivity contribution in [1.82, 2.24) is 4.72 Å². The number of halogens is 1.